The van der Waals surface area contributed by atoms with Gasteiger partial charge in [0.2, 0.25) is 0 Å². The third kappa shape index (κ3) is 8.11. The molecule has 0 saturated carbocycles. The Balaban J connectivity index is 2.35. The minimum absolute atomic E-state index is 0.149. The first-order valence-electron chi connectivity index (χ1n) is 12.0. The lowest BCUT2D eigenvalue weighted by Gasteiger charge is -2.27. The van der Waals surface area contributed by atoms with Crippen molar-refractivity contribution in [3.05, 3.63) is 70.3 Å². The molecule has 7 nitrogen and oxygen atoms in total. The first-order chi connectivity index (χ1) is 17.1. The fraction of sp³-hybridized carbons (Fsp3) is 0.444. The predicted molar refractivity (Wildman–Crippen MR) is 131 cm³/mol. The van der Waals surface area contributed by atoms with Gasteiger partial charge in [0, 0.05) is 30.3 Å². The van der Waals surface area contributed by atoms with E-state index >= 15 is 0 Å². The Bertz CT molecular complexity index is 1080. The van der Waals surface area contributed by atoms with E-state index in [0.717, 1.165) is 25.0 Å². The van der Waals surface area contributed by atoms with Gasteiger partial charge >= 0.3 is 0 Å². The molecule has 0 aliphatic rings. The summed E-state index contributed by atoms with van der Waals surface area (Å²) in [6, 6.07) is 8.12. The maximum atomic E-state index is 13.7. The second-order valence-electron chi connectivity index (χ2n) is 8.86. The molecular formula is C27H33F2N3O4. The number of nitriles is 1. The summed E-state index contributed by atoms with van der Waals surface area (Å²) in [5, 5.41) is 32.3. The van der Waals surface area contributed by atoms with Crippen LogP contribution in [-0.4, -0.2) is 58.3 Å². The third-order valence-electron chi connectivity index (χ3n) is 5.66. The standard InChI is InChI=1S/C27H33F2N3O4/c1-4-8-32(9-5-2)27(36)20-11-17(3)10-19(15-20)26(35)31-23(25(34)24(33)6-7-30)14-18-12-21(28)16-22(29)13-18/h10-13,15-16,23-25,33-34H,4-6,8-9,14H2,1-3H3,(H,31,35). The number of aryl methyl sites for hydroxylation is 1. The lowest BCUT2D eigenvalue weighted by molar-refractivity contribution is -0.000358. The van der Waals surface area contributed by atoms with Crippen molar-refractivity contribution in [2.75, 3.05) is 13.1 Å². The Kier molecular flexibility index (Phi) is 11.0. The topological polar surface area (TPSA) is 114 Å². The van der Waals surface area contributed by atoms with Gasteiger partial charge < -0.3 is 20.4 Å². The molecule has 3 atom stereocenters. The van der Waals surface area contributed by atoms with E-state index in [1.165, 1.54) is 6.07 Å². The van der Waals surface area contributed by atoms with Gasteiger partial charge in [0.1, 0.15) is 17.7 Å². The van der Waals surface area contributed by atoms with Crippen molar-refractivity contribution in [2.45, 2.75) is 64.7 Å². The molecule has 0 bridgehead atoms. The van der Waals surface area contributed by atoms with E-state index in [1.54, 1.807) is 30.0 Å². The van der Waals surface area contributed by atoms with E-state index in [1.807, 2.05) is 13.8 Å². The van der Waals surface area contributed by atoms with E-state index in [9.17, 15) is 28.6 Å². The van der Waals surface area contributed by atoms with Crippen LogP contribution in [0.3, 0.4) is 0 Å². The van der Waals surface area contributed by atoms with Crippen LogP contribution < -0.4 is 5.32 Å². The van der Waals surface area contributed by atoms with Crippen LogP contribution in [0.4, 0.5) is 8.78 Å². The van der Waals surface area contributed by atoms with E-state index in [0.29, 0.717) is 30.3 Å². The highest BCUT2D eigenvalue weighted by Crippen LogP contribution is 2.17. The number of benzene rings is 2. The number of hydrogen-bond acceptors (Lipinski definition) is 5. The number of aliphatic hydroxyl groups excluding tert-OH is 2. The first kappa shape index (κ1) is 28.9. The Hall–Kier alpha value is -3.35. The molecule has 2 aromatic carbocycles. The van der Waals surface area contributed by atoms with Crippen LogP contribution in [0.2, 0.25) is 0 Å². The smallest absolute Gasteiger partial charge is 0.253 e. The first-order valence-corrected chi connectivity index (χ1v) is 12.0. The van der Waals surface area contributed by atoms with Crippen LogP contribution in [0.1, 0.15) is 65.0 Å². The van der Waals surface area contributed by atoms with Gasteiger partial charge in [0.25, 0.3) is 11.8 Å². The van der Waals surface area contributed by atoms with E-state index in [-0.39, 0.29) is 23.5 Å². The Morgan fingerprint density at radius 1 is 1.00 bits per heavy atom. The van der Waals surface area contributed by atoms with Gasteiger partial charge in [0.05, 0.1) is 24.6 Å². The monoisotopic (exact) mass is 501 g/mol. The summed E-state index contributed by atoms with van der Waals surface area (Å²) in [4.78, 5) is 28.0. The molecule has 0 spiro atoms. The molecular weight excluding hydrogens is 468 g/mol. The van der Waals surface area contributed by atoms with Crippen molar-refractivity contribution >= 4 is 11.8 Å². The summed E-state index contributed by atoms with van der Waals surface area (Å²) in [5.41, 5.74) is 1.32. The highest BCUT2D eigenvalue weighted by atomic mass is 19.1. The van der Waals surface area contributed by atoms with Crippen LogP contribution in [0.15, 0.2) is 36.4 Å². The maximum Gasteiger partial charge on any atom is 0.253 e. The van der Waals surface area contributed by atoms with Crippen LogP contribution in [0, 0.1) is 29.9 Å². The molecule has 3 unspecified atom stereocenters. The highest BCUT2D eigenvalue weighted by Gasteiger charge is 2.29. The molecule has 0 aromatic heterocycles. The zero-order chi connectivity index (χ0) is 26.8. The Morgan fingerprint density at radius 2 is 1.58 bits per heavy atom. The highest BCUT2D eigenvalue weighted by molar-refractivity contribution is 6.00. The van der Waals surface area contributed by atoms with Gasteiger partial charge in [-0.1, -0.05) is 13.8 Å². The van der Waals surface area contributed by atoms with Crippen molar-refractivity contribution in [1.82, 2.24) is 10.2 Å². The average Bonchev–Trinajstić information content (AvgIpc) is 2.81. The normalized spacial score (nSPS) is 13.4. The molecule has 0 radical (unpaired) electrons. The van der Waals surface area contributed by atoms with Gasteiger partial charge in [-0.15, -0.1) is 0 Å². The molecule has 2 aromatic rings. The maximum absolute atomic E-state index is 13.7. The van der Waals surface area contributed by atoms with Gasteiger partial charge in [-0.3, -0.25) is 9.59 Å². The molecule has 0 heterocycles. The summed E-state index contributed by atoms with van der Waals surface area (Å²) in [7, 11) is 0. The molecule has 0 aliphatic heterocycles. The fourth-order valence-electron chi connectivity index (χ4n) is 4.05. The number of carbonyl (C=O) groups is 2. The Labute approximate surface area is 210 Å². The summed E-state index contributed by atoms with van der Waals surface area (Å²) < 4.78 is 27.4. The van der Waals surface area contributed by atoms with Crippen LogP contribution in [0.5, 0.6) is 0 Å². The molecule has 0 saturated heterocycles. The SMILES string of the molecule is CCCN(CCC)C(=O)c1cc(C)cc(C(=O)NC(Cc2cc(F)cc(F)c2)C(O)C(O)CC#N)c1. The number of hydrogen-bond donors (Lipinski definition) is 3. The molecule has 0 aliphatic carbocycles. The van der Waals surface area contributed by atoms with Gasteiger partial charge in [-0.25, -0.2) is 8.78 Å². The molecule has 194 valence electrons. The van der Waals surface area contributed by atoms with Crippen LogP contribution >= 0.6 is 0 Å². The lowest BCUT2D eigenvalue weighted by Crippen LogP contribution is -2.49. The average molecular weight is 502 g/mol. The lowest BCUT2D eigenvalue weighted by atomic mass is 9.95. The van der Waals surface area contributed by atoms with E-state index < -0.39 is 42.2 Å². The number of nitrogens with one attached hydrogen (secondary N) is 1. The summed E-state index contributed by atoms with van der Waals surface area (Å²) in [6.45, 7) is 6.86. The quantitative estimate of drug-likeness (QED) is 0.412. The molecule has 2 rings (SSSR count). The van der Waals surface area contributed by atoms with Gasteiger partial charge in [0.15, 0.2) is 0 Å². The molecule has 9 heteroatoms. The zero-order valence-electron chi connectivity index (χ0n) is 20.8. The summed E-state index contributed by atoms with van der Waals surface area (Å²) in [6.07, 6.45) is -2.12. The summed E-state index contributed by atoms with van der Waals surface area (Å²) in [5.74, 6) is -2.50. The molecule has 2 amide bonds. The van der Waals surface area contributed by atoms with Crippen molar-refractivity contribution in [1.29, 1.82) is 5.26 Å². The minimum atomic E-state index is -1.59. The molecule has 36 heavy (non-hydrogen) atoms. The number of aliphatic hydroxyl groups is 2. The van der Waals surface area contributed by atoms with Crippen molar-refractivity contribution in [2.24, 2.45) is 0 Å². The fourth-order valence-corrected chi connectivity index (χ4v) is 4.05. The van der Waals surface area contributed by atoms with Crippen LogP contribution in [0.25, 0.3) is 0 Å². The predicted octanol–water partition coefficient (Wildman–Crippen LogP) is 3.51. The summed E-state index contributed by atoms with van der Waals surface area (Å²) >= 11 is 0. The molecule has 3 N–H and O–H groups in total. The number of nitrogens with zero attached hydrogens (tertiary/aromatic N) is 2. The number of halogens is 2. The van der Waals surface area contributed by atoms with E-state index in [2.05, 4.69) is 5.32 Å². The van der Waals surface area contributed by atoms with Gasteiger partial charge in [-0.05, 0) is 67.6 Å². The second kappa shape index (κ2) is 13.7. The zero-order valence-corrected chi connectivity index (χ0v) is 20.8. The number of rotatable bonds is 12. The molecule has 0 fully saturated rings. The number of carbonyl (C=O) groups excluding carboxylic acids is 2. The second-order valence-corrected chi connectivity index (χ2v) is 8.86. The Morgan fingerprint density at radius 3 is 2.14 bits per heavy atom. The van der Waals surface area contributed by atoms with Gasteiger partial charge in [-0.2, -0.15) is 5.26 Å². The van der Waals surface area contributed by atoms with Crippen molar-refractivity contribution in [3.63, 3.8) is 0 Å². The van der Waals surface area contributed by atoms with Crippen molar-refractivity contribution < 1.29 is 28.6 Å². The third-order valence-corrected chi connectivity index (χ3v) is 5.66. The largest absolute Gasteiger partial charge is 0.389 e. The number of amides is 2. The van der Waals surface area contributed by atoms with E-state index in [4.69, 9.17) is 5.26 Å². The minimum Gasteiger partial charge on any atom is -0.389 e. The van der Waals surface area contributed by atoms with Crippen molar-refractivity contribution in [3.8, 4) is 6.07 Å². The van der Waals surface area contributed by atoms with Crippen LogP contribution in [-0.2, 0) is 6.42 Å².